The average Bonchev–Trinajstić information content (AvgIpc) is 0.764. The fourth-order valence-corrected chi connectivity index (χ4v) is 15.8. The van der Waals surface area contributed by atoms with Crippen LogP contribution >= 0.6 is 46.4 Å². The molecule has 8 heterocycles. The van der Waals surface area contributed by atoms with Crippen LogP contribution in [0, 0.1) is 5.92 Å². The van der Waals surface area contributed by atoms with Crippen LogP contribution in [0.4, 0.5) is 5.82 Å². The SMILES string of the molecule is CN[C@H](CC(C)C)C(=O)N[C@H]1C(=O)N[C@@H](CC(N)=O)C(=O)N[C@H]2C(=O)N[C@H]3C(=O)N[C@H](C(=O)N[C@@H](C(=O)NOCCOC)c4cc(O)cc(O)c4-c4cc3ccc4O)[C@H](O)c3ccc(c(Cl)c3)Oc3cc2cc(c3O[C@@H]2O[C@H](CO)[C@@H](O)[C@H](O)[C@H]2O[C@H]2C[C@](C)(NCCn3ccc(NC(=O)C=Cc4ccc(Cl)c(Cl)c4)nc3=O)[C@H](O)[C@H](C)O2)Oc2ccc(cc2Cl)[C@H]1O. The van der Waals surface area contributed by atoms with Gasteiger partial charge in [0.05, 0.1) is 64.6 Å². The minimum Gasteiger partial charge on any atom is -0.508 e. The molecule has 44 heteroatoms. The number of phenols is 3. The van der Waals surface area contributed by atoms with E-state index in [9.17, 15) is 69.9 Å². The summed E-state index contributed by atoms with van der Waals surface area (Å²) in [6, 6.07) is 5.54. The lowest BCUT2D eigenvalue weighted by atomic mass is 9.85. The van der Waals surface area contributed by atoms with E-state index in [-0.39, 0.29) is 78.3 Å². The van der Waals surface area contributed by atoms with E-state index in [1.54, 1.807) is 25.1 Å². The molecule has 7 aliphatic rings. The van der Waals surface area contributed by atoms with E-state index in [1.165, 1.54) is 62.2 Å². The molecule has 6 aromatic carbocycles. The zero-order chi connectivity index (χ0) is 92.6. The summed E-state index contributed by atoms with van der Waals surface area (Å²) in [5.41, 5.74) is 3.59. The van der Waals surface area contributed by atoms with E-state index in [4.69, 9.17) is 90.1 Å². The second-order valence-electron chi connectivity index (χ2n) is 31.3. The molecular formula is C84H93Cl4N13O27. The first-order valence-electron chi connectivity index (χ1n) is 40.0. The van der Waals surface area contributed by atoms with Gasteiger partial charge in [0.2, 0.25) is 59.3 Å². The number of nitrogens with one attached hydrogen (secondary N) is 10. The van der Waals surface area contributed by atoms with Crippen LogP contribution in [0.1, 0.15) is 111 Å². The number of carbonyl (C=O) groups is 9. The number of hydrogen-bond acceptors (Lipinski definition) is 30. The Morgan fingerprint density at radius 1 is 0.711 bits per heavy atom. The molecule has 9 amide bonds. The number of aromatic hydroxyl groups is 3. The van der Waals surface area contributed by atoms with Crippen molar-refractivity contribution >= 4 is 111 Å². The fraction of sp³-hybridized carbons (Fsp3) is 0.393. The Hall–Kier alpha value is -11.4. The molecule has 1 aromatic heterocycles. The minimum absolute atomic E-state index is 0.0471. The number of rotatable bonds is 24. The van der Waals surface area contributed by atoms with Gasteiger partial charge in [-0.1, -0.05) is 84.5 Å². The van der Waals surface area contributed by atoms with Gasteiger partial charge in [0.1, 0.15) is 101 Å². The first kappa shape index (κ1) is 95.7. The topological polar surface area (TPSA) is 591 Å². The number of methoxy groups -OCH3 is 1. The molecule has 18 atom stereocenters. The number of anilines is 1. The number of amides is 9. The number of benzene rings is 6. The molecule has 2 saturated heterocycles. The summed E-state index contributed by atoms with van der Waals surface area (Å²) in [6.45, 7) is 5.21. The molecule has 128 heavy (non-hydrogen) atoms. The van der Waals surface area contributed by atoms with E-state index in [0.717, 1.165) is 66.7 Å². The highest BCUT2D eigenvalue weighted by Crippen LogP contribution is 2.50. The predicted molar refractivity (Wildman–Crippen MR) is 454 cm³/mol. The maximum atomic E-state index is 16.4. The van der Waals surface area contributed by atoms with Crippen LogP contribution in [-0.2, 0) is 73.5 Å². The van der Waals surface area contributed by atoms with Crippen LogP contribution in [-0.4, -0.2) is 228 Å². The number of aliphatic hydroxyl groups excluding tert-OH is 6. The number of fused-ring (bicyclic) bond motifs is 15. The maximum absolute atomic E-state index is 16.4. The maximum Gasteiger partial charge on any atom is 0.349 e. The number of likely N-dealkylation sites (N-methyl/N-ethyl adjacent to an activating group) is 1. The Bertz CT molecular complexity index is 5480. The Balaban J connectivity index is 0.992. The van der Waals surface area contributed by atoms with Crippen molar-refractivity contribution in [3.63, 3.8) is 0 Å². The Morgan fingerprint density at radius 3 is 2.02 bits per heavy atom. The van der Waals surface area contributed by atoms with E-state index < -0.39 is 254 Å². The Morgan fingerprint density at radius 2 is 1.38 bits per heavy atom. The van der Waals surface area contributed by atoms with Crippen LogP contribution in [0.3, 0.4) is 0 Å². The molecule has 7 aromatic rings. The molecule has 0 saturated carbocycles. The summed E-state index contributed by atoms with van der Waals surface area (Å²) in [6.07, 6.45) is -15.6. The van der Waals surface area contributed by atoms with Gasteiger partial charge < -0.3 is 133 Å². The van der Waals surface area contributed by atoms with Gasteiger partial charge >= 0.3 is 5.69 Å². The molecule has 2 fully saturated rings. The number of nitrogens with zero attached hydrogens (tertiary/aromatic N) is 2. The second kappa shape index (κ2) is 41.4. The van der Waals surface area contributed by atoms with Crippen molar-refractivity contribution in [2.75, 3.05) is 45.8 Å². The zero-order valence-corrected chi connectivity index (χ0v) is 72.0. The first-order valence-corrected chi connectivity index (χ1v) is 41.5. The largest absolute Gasteiger partial charge is 0.508 e. The number of nitrogens with two attached hydrogens (primary N) is 1. The summed E-state index contributed by atoms with van der Waals surface area (Å²) >= 11 is 26.5. The molecule has 21 N–H and O–H groups in total. The predicted octanol–water partition coefficient (Wildman–Crippen LogP) is 2.56. The lowest BCUT2D eigenvalue weighted by Crippen LogP contribution is -2.65. The fourth-order valence-electron chi connectivity index (χ4n) is 15.0. The third-order valence-corrected chi connectivity index (χ3v) is 23.0. The number of hydroxylamine groups is 1. The number of primary amides is 1. The number of carbonyl (C=O) groups excluding carboxylic acids is 9. The second-order valence-corrected chi connectivity index (χ2v) is 32.9. The van der Waals surface area contributed by atoms with Crippen LogP contribution in [0.5, 0.6) is 46.0 Å². The molecule has 0 unspecified atom stereocenters. The number of halogens is 4. The summed E-state index contributed by atoms with van der Waals surface area (Å²) in [4.78, 5) is 156. The number of phenolic OH excluding ortho intramolecular Hbond substituents is 3. The molecule has 684 valence electrons. The normalized spacial score (nSPS) is 25.7. The van der Waals surface area contributed by atoms with E-state index >= 15 is 24.0 Å². The molecule has 0 radical (unpaired) electrons. The van der Waals surface area contributed by atoms with Gasteiger partial charge in [-0.05, 0) is 145 Å². The Labute approximate surface area is 748 Å². The van der Waals surface area contributed by atoms with Crippen molar-refractivity contribution in [1.29, 1.82) is 0 Å². The molecule has 7 aliphatic heterocycles. The van der Waals surface area contributed by atoms with Crippen molar-refractivity contribution in [1.82, 2.24) is 57.6 Å². The van der Waals surface area contributed by atoms with Crippen molar-refractivity contribution < 1.29 is 127 Å². The molecule has 0 aliphatic carbocycles. The zero-order valence-electron chi connectivity index (χ0n) is 69.0. The number of aromatic nitrogens is 2. The average molecular weight is 1860 g/mol. The van der Waals surface area contributed by atoms with Gasteiger partial charge in [0.15, 0.2) is 23.9 Å². The molecule has 0 spiro atoms. The lowest BCUT2D eigenvalue weighted by molar-refractivity contribution is -0.334. The highest BCUT2D eigenvalue weighted by molar-refractivity contribution is 6.42. The van der Waals surface area contributed by atoms with Gasteiger partial charge in [-0.3, -0.25) is 52.6 Å². The van der Waals surface area contributed by atoms with Crippen LogP contribution in [0.25, 0.3) is 17.2 Å². The third kappa shape index (κ3) is 22.1. The summed E-state index contributed by atoms with van der Waals surface area (Å²) in [5.74, 6) is -16.3. The molecule has 40 nitrogen and oxygen atoms in total. The monoisotopic (exact) mass is 1860 g/mol. The van der Waals surface area contributed by atoms with Gasteiger partial charge in [-0.25, -0.2) is 10.3 Å². The summed E-state index contributed by atoms with van der Waals surface area (Å²) in [7, 11) is 2.80. The quantitative estimate of drug-likeness (QED) is 0.0235. The number of hydrogen-bond donors (Lipinski definition) is 20. The van der Waals surface area contributed by atoms with Crippen LogP contribution in [0.2, 0.25) is 20.1 Å². The van der Waals surface area contributed by atoms with Gasteiger partial charge in [0, 0.05) is 61.6 Å². The minimum atomic E-state index is -2.40. The third-order valence-electron chi connectivity index (χ3n) is 21.7. The lowest BCUT2D eigenvalue weighted by Gasteiger charge is -2.48. The van der Waals surface area contributed by atoms with E-state index in [0.29, 0.717) is 10.6 Å². The molecular weight excluding hydrogens is 1760 g/mol. The van der Waals surface area contributed by atoms with Gasteiger partial charge in [0.25, 0.3) is 5.91 Å². The highest BCUT2D eigenvalue weighted by atomic mass is 35.5. The first-order chi connectivity index (χ1) is 60.8. The highest BCUT2D eigenvalue weighted by Gasteiger charge is 2.52. The smallest absolute Gasteiger partial charge is 0.349 e. The van der Waals surface area contributed by atoms with E-state index in [1.807, 2.05) is 13.8 Å². The van der Waals surface area contributed by atoms with Gasteiger partial charge in [-0.15, -0.1) is 0 Å². The number of aliphatic hydroxyl groups is 6. The van der Waals surface area contributed by atoms with Crippen LogP contribution in [0.15, 0.2) is 120 Å². The summed E-state index contributed by atoms with van der Waals surface area (Å²) in [5, 5.41) is 130. The summed E-state index contributed by atoms with van der Waals surface area (Å²) < 4.78 is 45.7. The van der Waals surface area contributed by atoms with Crippen molar-refractivity contribution in [2.24, 2.45) is 11.7 Å². The van der Waals surface area contributed by atoms with Crippen molar-refractivity contribution in [3.05, 3.63) is 179 Å². The van der Waals surface area contributed by atoms with Crippen molar-refractivity contribution in [3.8, 4) is 57.1 Å². The molecule has 14 rings (SSSR count). The van der Waals surface area contributed by atoms with Gasteiger partial charge in [-0.2, -0.15) is 4.98 Å². The Kier molecular flexibility index (Phi) is 30.9. The van der Waals surface area contributed by atoms with E-state index in [2.05, 4.69) is 58.3 Å². The number of ether oxygens (including phenoxy) is 7. The standard InChI is InChI=1S/C84H93Cl4N13O27/c1-35(2)23-49(90-5)75(113)98-66-68(108)39-10-14-53(47(87)26-39)124-55-28-41-29-56(72(55)128-82-73(71(111)70(110)57(34-102)126-82)127-61-33-84(4,74(112)36(3)123-61)91-18-20-101-19-17-59(94-83(101)120)93-60(107)16-8-37-7-12-45(85)46(86)24-37)125-54-15-11-40(27-48(54)88)69(109)67-80(118)97-65(81(119)100-122-22-21-121-6)44-30-42(103)31-52(105)62(44)43-25-38(9-13-51(43)104)63(77(115)99-67)96-78(116)64(41)95-76(114)50(32-58(89)106)92-79(66)117/h7-17,19,24-31,35-36,49-50,57,61,63-71,73-74,82,90-91,102-105,108-112H,18,20-23,32-34H2,1-6H3,(H2,89,106)(H,92,117)(H,95,114)(H,96,116)(H,97,118)(H,98,113)(H,99,115)(H,100,119)(H,93,94,107,120)/t36-,49+,50-,57+,61-,63+,64+,65+,66+,67-,68+,69+,70+,71-,73+,74+,82-,84-/m0/s1. The van der Waals surface area contributed by atoms with Crippen LogP contribution < -0.4 is 79.0 Å². The molecule has 11 bridgehead atoms. The van der Waals surface area contributed by atoms with Crippen molar-refractivity contribution in [2.45, 2.75) is 163 Å².